The third kappa shape index (κ3) is 1.88. The van der Waals surface area contributed by atoms with Crippen molar-refractivity contribution in [3.05, 3.63) is 17.3 Å². The molecule has 13 heavy (non-hydrogen) atoms. The van der Waals surface area contributed by atoms with E-state index in [9.17, 15) is 8.78 Å². The molecule has 0 spiro atoms. The summed E-state index contributed by atoms with van der Waals surface area (Å²) in [6.07, 6.45) is -1.83. The van der Waals surface area contributed by atoms with Gasteiger partial charge < -0.3 is 10.8 Å². The molecule has 0 aliphatic carbocycles. The van der Waals surface area contributed by atoms with Gasteiger partial charge in [-0.1, -0.05) is 15.9 Å². The average Bonchev–Trinajstić information content (AvgIpc) is 2.07. The van der Waals surface area contributed by atoms with Crippen LogP contribution in [0.25, 0.3) is 0 Å². The minimum Gasteiger partial charge on any atom is -0.506 e. The molecule has 0 aromatic carbocycles. The second-order valence-electron chi connectivity index (χ2n) is 2.36. The third-order valence-electron chi connectivity index (χ3n) is 1.59. The van der Waals surface area contributed by atoms with E-state index in [0.717, 1.165) is 6.20 Å². The van der Waals surface area contributed by atoms with Gasteiger partial charge in [0.15, 0.2) is 0 Å². The number of nitrogens with zero attached hydrogens (tertiary/aromatic N) is 1. The van der Waals surface area contributed by atoms with Crippen LogP contribution >= 0.6 is 15.9 Å². The molecule has 0 saturated heterocycles. The lowest BCUT2D eigenvalue weighted by atomic mass is 10.1. The van der Waals surface area contributed by atoms with Crippen LogP contribution in [-0.4, -0.2) is 10.1 Å². The summed E-state index contributed by atoms with van der Waals surface area (Å²) in [6, 6.07) is 0. The fraction of sp³-hybridized carbons (Fsp3) is 0.286. The Morgan fingerprint density at radius 1 is 1.62 bits per heavy atom. The van der Waals surface area contributed by atoms with Crippen LogP contribution in [0.4, 0.5) is 14.6 Å². The molecular formula is C7H7BrF2N2O. The summed E-state index contributed by atoms with van der Waals surface area (Å²) in [5, 5.41) is 9.24. The van der Waals surface area contributed by atoms with E-state index in [1.807, 2.05) is 0 Å². The summed E-state index contributed by atoms with van der Waals surface area (Å²) >= 11 is 3.00. The molecule has 0 saturated carbocycles. The van der Waals surface area contributed by atoms with E-state index in [4.69, 9.17) is 10.8 Å². The number of nitrogen functional groups attached to an aromatic ring is 1. The molecule has 6 heteroatoms. The third-order valence-corrected chi connectivity index (χ3v) is 2.15. The smallest absolute Gasteiger partial charge is 0.267 e. The predicted molar refractivity (Wildman–Crippen MR) is 47.9 cm³/mol. The first kappa shape index (κ1) is 10.2. The SMILES string of the molecule is Nc1ncc(O)c(C(F)F)c1CBr. The van der Waals surface area contributed by atoms with Crippen molar-refractivity contribution in [2.45, 2.75) is 11.8 Å². The first-order valence-electron chi connectivity index (χ1n) is 3.38. The Labute approximate surface area is 81.7 Å². The topological polar surface area (TPSA) is 59.1 Å². The summed E-state index contributed by atoms with van der Waals surface area (Å²) in [5.74, 6) is -0.524. The van der Waals surface area contributed by atoms with Gasteiger partial charge in [-0.3, -0.25) is 0 Å². The molecule has 0 radical (unpaired) electrons. The van der Waals surface area contributed by atoms with Gasteiger partial charge in [0, 0.05) is 10.9 Å². The van der Waals surface area contributed by atoms with Crippen molar-refractivity contribution in [1.82, 2.24) is 4.98 Å². The van der Waals surface area contributed by atoms with Crippen LogP contribution in [0.15, 0.2) is 6.20 Å². The summed E-state index contributed by atoms with van der Waals surface area (Å²) in [7, 11) is 0. The highest BCUT2D eigenvalue weighted by Gasteiger charge is 2.19. The Morgan fingerprint density at radius 2 is 2.23 bits per heavy atom. The number of hydrogen-bond donors (Lipinski definition) is 2. The summed E-state index contributed by atoms with van der Waals surface area (Å²) < 4.78 is 24.8. The summed E-state index contributed by atoms with van der Waals surface area (Å²) in [6.45, 7) is 0. The van der Waals surface area contributed by atoms with Crippen LogP contribution in [0.2, 0.25) is 0 Å². The van der Waals surface area contributed by atoms with Crippen molar-refractivity contribution in [2.24, 2.45) is 0 Å². The number of alkyl halides is 3. The molecular weight excluding hydrogens is 246 g/mol. The molecule has 0 aliphatic rings. The van der Waals surface area contributed by atoms with Crippen molar-refractivity contribution in [3.8, 4) is 5.75 Å². The van der Waals surface area contributed by atoms with Gasteiger partial charge in [-0.15, -0.1) is 0 Å². The van der Waals surface area contributed by atoms with E-state index in [1.54, 1.807) is 0 Å². The van der Waals surface area contributed by atoms with Crippen LogP contribution in [0.1, 0.15) is 17.6 Å². The molecule has 0 aliphatic heterocycles. The highest BCUT2D eigenvalue weighted by molar-refractivity contribution is 9.08. The van der Waals surface area contributed by atoms with E-state index in [-0.39, 0.29) is 16.7 Å². The number of hydrogen-bond acceptors (Lipinski definition) is 3. The Balaban J connectivity index is 3.35. The molecule has 3 N–H and O–H groups in total. The highest BCUT2D eigenvalue weighted by atomic mass is 79.9. The van der Waals surface area contributed by atoms with Gasteiger partial charge in [-0.2, -0.15) is 0 Å². The van der Waals surface area contributed by atoms with Gasteiger partial charge in [0.25, 0.3) is 6.43 Å². The van der Waals surface area contributed by atoms with E-state index in [1.165, 1.54) is 0 Å². The molecule has 0 unspecified atom stereocenters. The minimum absolute atomic E-state index is 0.00461. The van der Waals surface area contributed by atoms with Gasteiger partial charge in [0.1, 0.15) is 11.6 Å². The number of pyridine rings is 1. The molecule has 1 rings (SSSR count). The number of halogens is 3. The van der Waals surface area contributed by atoms with E-state index in [0.29, 0.717) is 0 Å². The largest absolute Gasteiger partial charge is 0.506 e. The Morgan fingerprint density at radius 3 is 2.62 bits per heavy atom. The fourth-order valence-electron chi connectivity index (χ4n) is 0.955. The summed E-state index contributed by atoms with van der Waals surface area (Å²) in [5.41, 5.74) is 5.03. The molecule has 72 valence electrons. The van der Waals surface area contributed by atoms with Crippen molar-refractivity contribution in [3.63, 3.8) is 0 Å². The van der Waals surface area contributed by atoms with Crippen molar-refractivity contribution < 1.29 is 13.9 Å². The van der Waals surface area contributed by atoms with Gasteiger partial charge >= 0.3 is 0 Å². The number of aromatic nitrogens is 1. The molecule has 1 heterocycles. The maximum Gasteiger partial charge on any atom is 0.267 e. The van der Waals surface area contributed by atoms with Gasteiger partial charge in [0.2, 0.25) is 0 Å². The van der Waals surface area contributed by atoms with Crippen LogP contribution < -0.4 is 5.73 Å². The zero-order valence-corrected chi connectivity index (χ0v) is 8.05. The highest BCUT2D eigenvalue weighted by Crippen LogP contribution is 2.34. The standard InChI is InChI=1S/C7H7BrF2N2O/c8-1-3-5(6(9)10)4(13)2-12-7(3)11/h2,6,13H,1H2,(H2,11,12). The van der Waals surface area contributed by atoms with Crippen molar-refractivity contribution in [1.29, 1.82) is 0 Å². The maximum atomic E-state index is 12.4. The number of anilines is 1. The van der Waals surface area contributed by atoms with Crippen LogP contribution in [-0.2, 0) is 5.33 Å². The molecule has 0 amide bonds. The summed E-state index contributed by atoms with van der Waals surface area (Å²) in [4.78, 5) is 3.56. The lowest BCUT2D eigenvalue weighted by Crippen LogP contribution is -2.01. The molecule has 3 nitrogen and oxygen atoms in total. The normalized spacial score (nSPS) is 10.8. The molecule has 0 fully saturated rings. The quantitative estimate of drug-likeness (QED) is 0.794. The monoisotopic (exact) mass is 252 g/mol. The number of aromatic hydroxyl groups is 1. The fourth-order valence-corrected chi connectivity index (χ4v) is 1.54. The first-order valence-corrected chi connectivity index (χ1v) is 4.50. The van der Waals surface area contributed by atoms with Gasteiger partial charge in [-0.05, 0) is 0 Å². The lowest BCUT2D eigenvalue weighted by Gasteiger charge is -2.09. The lowest BCUT2D eigenvalue weighted by molar-refractivity contribution is 0.146. The first-order chi connectivity index (χ1) is 6.07. The second-order valence-corrected chi connectivity index (χ2v) is 2.92. The second kappa shape index (κ2) is 3.87. The van der Waals surface area contributed by atoms with Crippen LogP contribution in [0, 0.1) is 0 Å². The Bertz CT molecular complexity index is 320. The molecule has 0 bridgehead atoms. The maximum absolute atomic E-state index is 12.4. The van der Waals surface area contributed by atoms with Gasteiger partial charge in [0.05, 0.1) is 11.8 Å². The van der Waals surface area contributed by atoms with Crippen molar-refractivity contribution >= 4 is 21.7 Å². The van der Waals surface area contributed by atoms with E-state index >= 15 is 0 Å². The average molecular weight is 253 g/mol. The minimum atomic E-state index is -2.75. The molecule has 1 aromatic rings. The molecule has 1 aromatic heterocycles. The zero-order valence-electron chi connectivity index (χ0n) is 6.47. The van der Waals surface area contributed by atoms with E-state index in [2.05, 4.69) is 20.9 Å². The van der Waals surface area contributed by atoms with Crippen molar-refractivity contribution in [2.75, 3.05) is 5.73 Å². The Hall–Kier alpha value is -0.910. The molecule has 0 atom stereocenters. The number of nitrogens with two attached hydrogens (primary N) is 1. The predicted octanol–water partition coefficient (Wildman–Crippen LogP) is 2.20. The Kier molecular flexibility index (Phi) is 3.02. The van der Waals surface area contributed by atoms with Crippen LogP contribution in [0.3, 0.4) is 0 Å². The van der Waals surface area contributed by atoms with Crippen LogP contribution in [0.5, 0.6) is 5.75 Å². The van der Waals surface area contributed by atoms with E-state index < -0.39 is 17.7 Å². The zero-order chi connectivity index (χ0) is 10.0. The van der Waals surface area contributed by atoms with Gasteiger partial charge in [-0.25, -0.2) is 13.8 Å². The number of rotatable bonds is 2.